The van der Waals surface area contributed by atoms with E-state index in [0.29, 0.717) is 6.10 Å². The fourth-order valence-electron chi connectivity index (χ4n) is 2.57. The van der Waals surface area contributed by atoms with Crippen LogP contribution >= 0.6 is 0 Å². The predicted octanol–water partition coefficient (Wildman–Crippen LogP) is 2.91. The second-order valence-electron chi connectivity index (χ2n) is 5.26. The van der Waals surface area contributed by atoms with E-state index in [0.717, 1.165) is 31.8 Å². The monoisotopic (exact) mass is 268 g/mol. The molecule has 1 fully saturated rings. The number of hydrogen-bond acceptors (Lipinski definition) is 3. The molecular weight excluding hydrogens is 248 g/mol. The third-order valence-corrected chi connectivity index (χ3v) is 3.70. The molecule has 0 saturated carbocycles. The summed E-state index contributed by atoms with van der Waals surface area (Å²) in [6, 6.07) is 12.4. The lowest BCUT2D eigenvalue weighted by molar-refractivity contribution is 0.0140. The van der Waals surface area contributed by atoms with Crippen LogP contribution in [-0.2, 0) is 13.0 Å². The van der Waals surface area contributed by atoms with Crippen LogP contribution in [0.1, 0.15) is 18.1 Å². The summed E-state index contributed by atoms with van der Waals surface area (Å²) in [7, 11) is 0. The molecule has 1 aromatic carbocycles. The van der Waals surface area contributed by atoms with Gasteiger partial charge in [0.25, 0.3) is 0 Å². The molecule has 1 aliphatic heterocycles. The number of aromatic nitrogens is 1. The van der Waals surface area contributed by atoms with Gasteiger partial charge in [-0.05, 0) is 29.7 Å². The number of benzene rings is 1. The first kappa shape index (κ1) is 13.1. The molecule has 0 atom stereocenters. The summed E-state index contributed by atoms with van der Waals surface area (Å²) in [5.41, 5.74) is 2.55. The van der Waals surface area contributed by atoms with E-state index in [9.17, 15) is 0 Å². The highest BCUT2D eigenvalue weighted by molar-refractivity contribution is 5.33. The van der Waals surface area contributed by atoms with Crippen molar-refractivity contribution in [3.8, 4) is 5.75 Å². The van der Waals surface area contributed by atoms with Crippen LogP contribution in [-0.4, -0.2) is 29.1 Å². The van der Waals surface area contributed by atoms with E-state index in [-0.39, 0.29) is 0 Å². The zero-order chi connectivity index (χ0) is 13.8. The van der Waals surface area contributed by atoms with E-state index in [1.807, 2.05) is 24.5 Å². The van der Waals surface area contributed by atoms with Crippen molar-refractivity contribution in [2.45, 2.75) is 26.0 Å². The third kappa shape index (κ3) is 2.99. The van der Waals surface area contributed by atoms with Gasteiger partial charge in [0.15, 0.2) is 0 Å². The van der Waals surface area contributed by atoms with Gasteiger partial charge in [-0.25, -0.2) is 0 Å². The second kappa shape index (κ2) is 6.06. The maximum absolute atomic E-state index is 6.08. The van der Waals surface area contributed by atoms with E-state index < -0.39 is 0 Å². The quantitative estimate of drug-likeness (QED) is 0.833. The molecular formula is C17H20N2O. The number of likely N-dealkylation sites (tertiary alicyclic amines) is 1. The maximum atomic E-state index is 6.08. The summed E-state index contributed by atoms with van der Waals surface area (Å²) in [5.74, 6) is 1.04. The number of ether oxygens (including phenoxy) is 1. The van der Waals surface area contributed by atoms with Crippen LogP contribution in [0.25, 0.3) is 0 Å². The van der Waals surface area contributed by atoms with Crippen molar-refractivity contribution < 1.29 is 4.74 Å². The molecule has 104 valence electrons. The molecule has 3 rings (SSSR count). The zero-order valence-electron chi connectivity index (χ0n) is 11.8. The van der Waals surface area contributed by atoms with Gasteiger partial charge in [-0.15, -0.1) is 0 Å². The molecule has 2 aromatic rings. The average Bonchev–Trinajstić information content (AvgIpc) is 2.46. The number of aryl methyl sites for hydroxylation is 1. The number of pyridine rings is 1. The summed E-state index contributed by atoms with van der Waals surface area (Å²) >= 11 is 0. The summed E-state index contributed by atoms with van der Waals surface area (Å²) < 4.78 is 6.08. The Morgan fingerprint density at radius 3 is 2.80 bits per heavy atom. The smallest absolute Gasteiger partial charge is 0.124 e. The lowest BCUT2D eigenvalue weighted by Gasteiger charge is -2.39. The minimum absolute atomic E-state index is 0.319. The number of nitrogens with zero attached hydrogens (tertiary/aromatic N) is 2. The van der Waals surface area contributed by atoms with Gasteiger partial charge in [0.2, 0.25) is 0 Å². The first-order valence-corrected chi connectivity index (χ1v) is 7.21. The first-order chi connectivity index (χ1) is 9.85. The van der Waals surface area contributed by atoms with Crippen LogP contribution in [0.3, 0.4) is 0 Å². The van der Waals surface area contributed by atoms with Gasteiger partial charge in [-0.3, -0.25) is 9.88 Å². The van der Waals surface area contributed by atoms with E-state index >= 15 is 0 Å². The Labute approximate surface area is 120 Å². The van der Waals surface area contributed by atoms with Crippen LogP contribution in [0.15, 0.2) is 48.8 Å². The molecule has 20 heavy (non-hydrogen) atoms. The highest BCUT2D eigenvalue weighted by Crippen LogP contribution is 2.23. The minimum Gasteiger partial charge on any atom is -0.487 e. The number of hydrogen-bond donors (Lipinski definition) is 0. The molecule has 3 heteroatoms. The highest BCUT2D eigenvalue weighted by atomic mass is 16.5. The normalized spacial score (nSPS) is 15.8. The number of rotatable bonds is 5. The summed E-state index contributed by atoms with van der Waals surface area (Å²) in [6.45, 7) is 5.11. The molecule has 0 aliphatic carbocycles. The van der Waals surface area contributed by atoms with Crippen LogP contribution < -0.4 is 4.74 Å². The topological polar surface area (TPSA) is 25.4 Å². The number of para-hydroxylation sites is 1. The van der Waals surface area contributed by atoms with Gasteiger partial charge in [-0.2, -0.15) is 0 Å². The lowest BCUT2D eigenvalue weighted by atomic mass is 10.1. The van der Waals surface area contributed by atoms with Crippen molar-refractivity contribution >= 4 is 0 Å². The van der Waals surface area contributed by atoms with Crippen molar-refractivity contribution in [3.05, 3.63) is 59.9 Å². The molecule has 1 aliphatic rings. The Kier molecular flexibility index (Phi) is 3.97. The van der Waals surface area contributed by atoms with Crippen molar-refractivity contribution in [2.24, 2.45) is 0 Å². The fraction of sp³-hybridized carbons (Fsp3) is 0.353. The van der Waals surface area contributed by atoms with E-state index in [1.165, 1.54) is 11.1 Å². The van der Waals surface area contributed by atoms with Crippen LogP contribution in [0.5, 0.6) is 5.75 Å². The molecule has 0 spiro atoms. The Balaban J connectivity index is 1.51. The maximum Gasteiger partial charge on any atom is 0.124 e. The molecule has 1 saturated heterocycles. The Hall–Kier alpha value is -1.87. The van der Waals surface area contributed by atoms with Crippen LogP contribution in [0, 0.1) is 0 Å². The SMILES string of the molecule is CCc1ccccc1OC1CN(Cc2cccnc2)C1. The van der Waals surface area contributed by atoms with Gasteiger partial charge in [0.1, 0.15) is 11.9 Å². The highest BCUT2D eigenvalue weighted by Gasteiger charge is 2.28. The summed E-state index contributed by atoms with van der Waals surface area (Å²) in [4.78, 5) is 6.53. The molecule has 0 unspecified atom stereocenters. The van der Waals surface area contributed by atoms with Crippen molar-refractivity contribution in [2.75, 3.05) is 13.1 Å². The van der Waals surface area contributed by atoms with Gasteiger partial charge < -0.3 is 4.74 Å². The Morgan fingerprint density at radius 2 is 2.05 bits per heavy atom. The van der Waals surface area contributed by atoms with Crippen molar-refractivity contribution in [3.63, 3.8) is 0 Å². The van der Waals surface area contributed by atoms with Crippen molar-refractivity contribution in [1.29, 1.82) is 0 Å². The molecule has 3 nitrogen and oxygen atoms in total. The molecule has 1 aromatic heterocycles. The molecule has 0 N–H and O–H groups in total. The third-order valence-electron chi connectivity index (χ3n) is 3.70. The Bertz CT molecular complexity index is 550. The minimum atomic E-state index is 0.319. The molecule has 0 radical (unpaired) electrons. The standard InChI is InChI=1S/C17H20N2O/c1-2-15-7-3-4-8-17(15)20-16-12-19(13-16)11-14-6-5-9-18-10-14/h3-10,16H,2,11-13H2,1H3. The van der Waals surface area contributed by atoms with Crippen LogP contribution in [0.4, 0.5) is 0 Å². The van der Waals surface area contributed by atoms with Gasteiger partial charge in [0, 0.05) is 32.0 Å². The Morgan fingerprint density at radius 1 is 1.20 bits per heavy atom. The van der Waals surface area contributed by atoms with Gasteiger partial charge in [0.05, 0.1) is 0 Å². The van der Waals surface area contributed by atoms with Crippen LogP contribution in [0.2, 0.25) is 0 Å². The van der Waals surface area contributed by atoms with E-state index in [2.05, 4.69) is 41.1 Å². The first-order valence-electron chi connectivity index (χ1n) is 7.21. The molecule has 2 heterocycles. The largest absolute Gasteiger partial charge is 0.487 e. The van der Waals surface area contributed by atoms with E-state index in [4.69, 9.17) is 4.74 Å². The molecule has 0 bridgehead atoms. The fourth-order valence-corrected chi connectivity index (χ4v) is 2.57. The average molecular weight is 268 g/mol. The summed E-state index contributed by atoms with van der Waals surface area (Å²) in [5, 5.41) is 0. The second-order valence-corrected chi connectivity index (χ2v) is 5.26. The lowest BCUT2D eigenvalue weighted by Crippen LogP contribution is -2.53. The van der Waals surface area contributed by atoms with Gasteiger partial charge in [-0.1, -0.05) is 31.2 Å². The van der Waals surface area contributed by atoms with Gasteiger partial charge >= 0.3 is 0 Å². The zero-order valence-corrected chi connectivity index (χ0v) is 11.8. The molecule has 0 amide bonds. The predicted molar refractivity (Wildman–Crippen MR) is 79.8 cm³/mol. The van der Waals surface area contributed by atoms with Crippen molar-refractivity contribution in [1.82, 2.24) is 9.88 Å². The summed E-state index contributed by atoms with van der Waals surface area (Å²) in [6.07, 6.45) is 5.08. The van der Waals surface area contributed by atoms with E-state index in [1.54, 1.807) is 0 Å².